The molecular formula is C16H22N2O6S. The minimum absolute atomic E-state index is 0.0211. The average molecular weight is 370 g/mol. The van der Waals surface area contributed by atoms with Crippen molar-refractivity contribution in [1.29, 1.82) is 0 Å². The molecule has 0 radical (unpaired) electrons. The second-order valence-corrected chi connectivity index (χ2v) is 8.05. The van der Waals surface area contributed by atoms with Gasteiger partial charge in [-0.05, 0) is 24.3 Å². The maximum atomic E-state index is 12.9. The monoisotopic (exact) mass is 370 g/mol. The molecule has 2 aliphatic rings. The summed E-state index contributed by atoms with van der Waals surface area (Å²) in [6.07, 6.45) is -0.664. The summed E-state index contributed by atoms with van der Waals surface area (Å²) in [6.45, 7) is 1.21. The van der Waals surface area contributed by atoms with Crippen molar-refractivity contribution in [2.75, 3.05) is 47.0 Å². The highest BCUT2D eigenvalue weighted by Crippen LogP contribution is 2.26. The number of hydrogen-bond donors (Lipinski definition) is 0. The SMILES string of the molecule is COCC(=O)N1C[C@@H]2CN(S(=O)(=O)c3ccc(OC)cc3)C[C@H](C1)O2. The molecule has 0 spiro atoms. The Hall–Kier alpha value is -1.68. The summed E-state index contributed by atoms with van der Waals surface area (Å²) in [7, 11) is -0.602. The van der Waals surface area contributed by atoms with Crippen molar-refractivity contribution in [2.24, 2.45) is 0 Å². The van der Waals surface area contributed by atoms with Crippen molar-refractivity contribution in [1.82, 2.24) is 9.21 Å². The van der Waals surface area contributed by atoms with Gasteiger partial charge in [-0.2, -0.15) is 4.31 Å². The third-order valence-corrected chi connectivity index (χ3v) is 6.21. The van der Waals surface area contributed by atoms with Crippen LogP contribution in [0.2, 0.25) is 0 Å². The van der Waals surface area contributed by atoms with Gasteiger partial charge in [0.1, 0.15) is 12.4 Å². The third-order valence-electron chi connectivity index (χ3n) is 4.37. The topological polar surface area (TPSA) is 85.4 Å². The van der Waals surface area contributed by atoms with Gasteiger partial charge in [0.2, 0.25) is 15.9 Å². The lowest BCUT2D eigenvalue weighted by Crippen LogP contribution is -2.61. The van der Waals surface area contributed by atoms with Crippen LogP contribution in [0.3, 0.4) is 0 Å². The maximum absolute atomic E-state index is 12.9. The van der Waals surface area contributed by atoms with Crippen LogP contribution < -0.4 is 4.74 Å². The maximum Gasteiger partial charge on any atom is 0.248 e. The third kappa shape index (κ3) is 3.79. The Morgan fingerprint density at radius 1 is 1.12 bits per heavy atom. The Balaban J connectivity index is 1.72. The smallest absolute Gasteiger partial charge is 0.248 e. The van der Waals surface area contributed by atoms with Gasteiger partial charge in [-0.1, -0.05) is 0 Å². The second-order valence-electron chi connectivity index (χ2n) is 6.11. The number of ether oxygens (including phenoxy) is 3. The lowest BCUT2D eigenvalue weighted by atomic mass is 10.1. The Morgan fingerprint density at radius 3 is 2.24 bits per heavy atom. The normalized spacial score (nSPS) is 24.2. The van der Waals surface area contributed by atoms with Crippen molar-refractivity contribution in [2.45, 2.75) is 17.1 Å². The Bertz CT molecular complexity index is 707. The van der Waals surface area contributed by atoms with Gasteiger partial charge in [0.15, 0.2) is 0 Å². The summed E-state index contributed by atoms with van der Waals surface area (Å²) >= 11 is 0. The number of benzene rings is 1. The zero-order valence-corrected chi connectivity index (χ0v) is 15.1. The first-order valence-electron chi connectivity index (χ1n) is 8.00. The predicted octanol–water partition coefficient (Wildman–Crippen LogP) is -0.0581. The molecule has 0 unspecified atom stereocenters. The minimum Gasteiger partial charge on any atom is -0.497 e. The number of hydrogen-bond acceptors (Lipinski definition) is 6. The quantitative estimate of drug-likeness (QED) is 0.722. The molecule has 25 heavy (non-hydrogen) atoms. The van der Waals surface area contributed by atoms with Gasteiger partial charge in [-0.15, -0.1) is 0 Å². The van der Waals surface area contributed by atoms with E-state index in [1.165, 1.54) is 30.7 Å². The van der Waals surface area contributed by atoms with Crippen molar-refractivity contribution in [3.8, 4) is 5.75 Å². The summed E-state index contributed by atoms with van der Waals surface area (Å²) in [4.78, 5) is 13.9. The molecule has 1 amide bonds. The number of methoxy groups -OCH3 is 2. The number of amides is 1. The fraction of sp³-hybridized carbons (Fsp3) is 0.562. The molecule has 1 aromatic rings. The lowest BCUT2D eigenvalue weighted by Gasteiger charge is -2.45. The molecule has 2 heterocycles. The first-order chi connectivity index (χ1) is 11.9. The van der Waals surface area contributed by atoms with E-state index in [1.54, 1.807) is 17.0 Å². The fourth-order valence-corrected chi connectivity index (χ4v) is 4.67. The zero-order chi connectivity index (χ0) is 18.0. The molecule has 0 N–H and O–H groups in total. The standard InChI is InChI=1S/C16H22N2O6S/c1-22-11-16(19)17-7-13-9-18(10-14(8-17)24-13)25(20,21)15-5-3-12(23-2)4-6-15/h3-6,13-14H,7-11H2,1-2H3/t13-,14+. The van der Waals surface area contributed by atoms with Crippen LogP contribution in [0, 0.1) is 0 Å². The van der Waals surface area contributed by atoms with Crippen LogP contribution in [0.15, 0.2) is 29.2 Å². The van der Waals surface area contributed by atoms with E-state index < -0.39 is 10.0 Å². The molecule has 2 fully saturated rings. The molecular weight excluding hydrogens is 348 g/mol. The fourth-order valence-electron chi connectivity index (χ4n) is 3.17. The van der Waals surface area contributed by atoms with Crippen LogP contribution in [0.5, 0.6) is 5.75 Å². The largest absolute Gasteiger partial charge is 0.497 e. The Morgan fingerprint density at radius 2 is 1.72 bits per heavy atom. The summed E-state index contributed by atoms with van der Waals surface area (Å²) in [5.74, 6) is 0.498. The molecule has 2 aliphatic heterocycles. The molecule has 9 heteroatoms. The Labute approximate surface area is 147 Å². The van der Waals surface area contributed by atoms with Crippen LogP contribution >= 0.6 is 0 Å². The number of fused-ring (bicyclic) bond motifs is 2. The summed E-state index contributed by atoms with van der Waals surface area (Å²) < 4.78 is 42.9. The van der Waals surface area contributed by atoms with Gasteiger partial charge >= 0.3 is 0 Å². The first kappa shape index (κ1) is 18.1. The van der Waals surface area contributed by atoms with Crippen LogP contribution in [0.1, 0.15) is 0 Å². The van der Waals surface area contributed by atoms with E-state index in [-0.39, 0.29) is 42.7 Å². The predicted molar refractivity (Wildman–Crippen MR) is 88.9 cm³/mol. The van der Waals surface area contributed by atoms with Gasteiger partial charge in [0, 0.05) is 33.3 Å². The van der Waals surface area contributed by atoms with Crippen molar-refractivity contribution in [3.05, 3.63) is 24.3 Å². The summed E-state index contributed by atoms with van der Waals surface area (Å²) in [6, 6.07) is 6.32. The van der Waals surface area contributed by atoms with Crippen LogP contribution in [0.4, 0.5) is 0 Å². The van der Waals surface area contributed by atoms with Crippen molar-refractivity contribution in [3.63, 3.8) is 0 Å². The van der Waals surface area contributed by atoms with E-state index in [1.807, 2.05) is 0 Å². The first-order valence-corrected chi connectivity index (χ1v) is 9.44. The van der Waals surface area contributed by atoms with Crippen molar-refractivity contribution >= 4 is 15.9 Å². The van der Waals surface area contributed by atoms with E-state index in [9.17, 15) is 13.2 Å². The second kappa shape index (κ2) is 7.28. The molecule has 0 aromatic heterocycles. The van der Waals surface area contributed by atoms with Crippen LogP contribution in [-0.4, -0.2) is 82.7 Å². The number of morpholine rings is 2. The van der Waals surface area contributed by atoms with Crippen LogP contribution in [-0.2, 0) is 24.3 Å². The molecule has 2 atom stereocenters. The van der Waals surface area contributed by atoms with E-state index in [4.69, 9.17) is 14.2 Å². The van der Waals surface area contributed by atoms with Gasteiger partial charge in [0.25, 0.3) is 0 Å². The highest BCUT2D eigenvalue weighted by Gasteiger charge is 2.40. The molecule has 2 saturated heterocycles. The highest BCUT2D eigenvalue weighted by atomic mass is 32.2. The van der Waals surface area contributed by atoms with E-state index in [0.29, 0.717) is 18.8 Å². The minimum atomic E-state index is -3.61. The molecule has 0 aliphatic carbocycles. The summed E-state index contributed by atoms with van der Waals surface area (Å²) in [5, 5.41) is 0. The van der Waals surface area contributed by atoms with E-state index in [0.717, 1.165) is 0 Å². The number of sulfonamides is 1. The lowest BCUT2D eigenvalue weighted by molar-refractivity contribution is -0.157. The number of carbonyl (C=O) groups excluding carboxylic acids is 1. The number of rotatable bonds is 5. The van der Waals surface area contributed by atoms with Crippen LogP contribution in [0.25, 0.3) is 0 Å². The Kier molecular flexibility index (Phi) is 5.28. The van der Waals surface area contributed by atoms with E-state index in [2.05, 4.69) is 0 Å². The van der Waals surface area contributed by atoms with E-state index >= 15 is 0 Å². The molecule has 3 rings (SSSR count). The van der Waals surface area contributed by atoms with Gasteiger partial charge in [-0.25, -0.2) is 8.42 Å². The summed E-state index contributed by atoms with van der Waals surface area (Å²) in [5.41, 5.74) is 0. The molecule has 1 aromatic carbocycles. The van der Waals surface area contributed by atoms with Gasteiger partial charge in [0.05, 0.1) is 24.2 Å². The van der Waals surface area contributed by atoms with Gasteiger partial charge in [-0.3, -0.25) is 4.79 Å². The van der Waals surface area contributed by atoms with Gasteiger partial charge < -0.3 is 19.1 Å². The molecule has 0 saturated carbocycles. The highest BCUT2D eigenvalue weighted by molar-refractivity contribution is 7.89. The zero-order valence-electron chi connectivity index (χ0n) is 14.3. The molecule has 2 bridgehead atoms. The number of nitrogens with zero attached hydrogens (tertiary/aromatic N) is 2. The average Bonchev–Trinajstić information content (AvgIpc) is 2.61. The molecule has 8 nitrogen and oxygen atoms in total. The molecule has 138 valence electrons. The van der Waals surface area contributed by atoms with Crippen molar-refractivity contribution < 1.29 is 27.4 Å². The number of carbonyl (C=O) groups is 1.